The topological polar surface area (TPSA) is 141 Å². The molecule has 0 saturated heterocycles. The van der Waals surface area contributed by atoms with Crippen molar-refractivity contribution in [2.24, 2.45) is 0 Å². The summed E-state index contributed by atoms with van der Waals surface area (Å²) in [6.45, 7) is 0.528. The van der Waals surface area contributed by atoms with Gasteiger partial charge in [-0.2, -0.15) is 53.0 Å². The average Bonchev–Trinajstić information content (AvgIpc) is 2.71. The van der Waals surface area contributed by atoms with Gasteiger partial charge in [-0.15, -0.1) is 0 Å². The zero-order valence-electron chi connectivity index (χ0n) is 19.2. The summed E-state index contributed by atoms with van der Waals surface area (Å²) in [5, 5.41) is 0. The molecule has 0 aliphatic heterocycles. The molecule has 0 atom stereocenters. The van der Waals surface area contributed by atoms with Crippen molar-refractivity contribution < 1.29 is 88.5 Å². The van der Waals surface area contributed by atoms with Gasteiger partial charge >= 0.3 is 11.0 Å². The summed E-state index contributed by atoms with van der Waals surface area (Å²) in [6.07, 6.45) is 4.80. The lowest BCUT2D eigenvalue weighted by Gasteiger charge is -2.08. The van der Waals surface area contributed by atoms with Crippen molar-refractivity contribution in [3.63, 3.8) is 0 Å². The fourth-order valence-electron chi connectivity index (χ4n) is 2.20. The predicted octanol–water partition coefficient (Wildman–Crippen LogP) is 2.03. The Balaban J connectivity index is 0.000000742. The maximum absolute atomic E-state index is 13.5. The van der Waals surface area contributed by atoms with Crippen molar-refractivity contribution in [3.8, 4) is 11.5 Å². The van der Waals surface area contributed by atoms with E-state index in [0.717, 1.165) is 24.8 Å². The maximum Gasteiger partial charge on any atom is 0.485 e. The van der Waals surface area contributed by atoms with Crippen LogP contribution in [0.2, 0.25) is 0 Å². The molecule has 2 heterocycles. The van der Waals surface area contributed by atoms with E-state index in [9.17, 15) is 43.9 Å². The SMILES string of the molecule is COc1c(F)c[n+](CCC[n+]2cc(F)c(OC)c(F)c2)cc1F.O=S(=O)([O-])C(F)(F)F.O=S(=O)([O-])C(F)(F)F. The third-order valence-electron chi connectivity index (χ3n) is 3.79. The van der Waals surface area contributed by atoms with Gasteiger partial charge < -0.3 is 18.6 Å². The number of methoxy groups -OCH3 is 2. The van der Waals surface area contributed by atoms with Crippen LogP contribution in [-0.2, 0) is 33.3 Å². The van der Waals surface area contributed by atoms with Crippen molar-refractivity contribution in [2.45, 2.75) is 30.5 Å². The first-order valence-corrected chi connectivity index (χ1v) is 12.2. The molecule has 10 nitrogen and oxygen atoms in total. The van der Waals surface area contributed by atoms with E-state index < -0.39 is 66.0 Å². The molecule has 0 radical (unpaired) electrons. The summed E-state index contributed by atoms with van der Waals surface area (Å²) in [5.74, 6) is -4.17. The summed E-state index contributed by atoms with van der Waals surface area (Å²) in [7, 11) is -9.83. The molecule has 0 amide bonds. The number of pyridine rings is 2. The summed E-state index contributed by atoms with van der Waals surface area (Å²) in [4.78, 5) is 0. The molecule has 2 rings (SSSR count). The Morgan fingerprint density at radius 1 is 0.641 bits per heavy atom. The monoisotopic (exact) mass is 630 g/mol. The molecule has 22 heteroatoms. The van der Waals surface area contributed by atoms with Crippen LogP contribution in [0.1, 0.15) is 6.42 Å². The molecule has 0 N–H and O–H groups in total. The van der Waals surface area contributed by atoms with Crippen LogP contribution in [0.3, 0.4) is 0 Å². The van der Waals surface area contributed by atoms with Gasteiger partial charge in [0.1, 0.15) is 0 Å². The van der Waals surface area contributed by atoms with Gasteiger partial charge in [-0.3, -0.25) is 0 Å². The molecule has 0 aliphatic rings. The highest BCUT2D eigenvalue weighted by Crippen LogP contribution is 2.21. The van der Waals surface area contributed by atoms with Crippen molar-refractivity contribution in [1.82, 2.24) is 0 Å². The number of hydrogen-bond donors (Lipinski definition) is 0. The van der Waals surface area contributed by atoms with Crippen LogP contribution in [0.15, 0.2) is 24.8 Å². The largest absolute Gasteiger partial charge is 0.741 e. The quantitative estimate of drug-likeness (QED) is 0.205. The van der Waals surface area contributed by atoms with Gasteiger partial charge in [0.15, 0.2) is 33.3 Å². The van der Waals surface area contributed by atoms with Crippen LogP contribution < -0.4 is 18.6 Å². The summed E-state index contributed by atoms with van der Waals surface area (Å²) in [5.41, 5.74) is -11.3. The van der Waals surface area contributed by atoms with E-state index >= 15 is 0 Å². The Kier molecular flexibility index (Phi) is 12.8. The highest BCUT2D eigenvalue weighted by Gasteiger charge is 2.37. The van der Waals surface area contributed by atoms with Gasteiger partial charge in [0.25, 0.3) is 0 Å². The van der Waals surface area contributed by atoms with Crippen molar-refractivity contribution >= 4 is 20.2 Å². The third-order valence-corrected chi connectivity index (χ3v) is 4.93. The lowest BCUT2D eigenvalue weighted by molar-refractivity contribution is -0.729. The Bertz CT molecular complexity index is 1190. The minimum absolute atomic E-state index is 0.264. The number of ether oxygens (including phenoxy) is 2. The third kappa shape index (κ3) is 11.7. The van der Waals surface area contributed by atoms with E-state index in [0.29, 0.717) is 6.42 Å². The molecule has 2 aromatic heterocycles. The highest BCUT2D eigenvalue weighted by molar-refractivity contribution is 7.86. The zero-order chi connectivity index (χ0) is 31.0. The molecular weight excluding hydrogens is 614 g/mol. The molecule has 2 aromatic rings. The Hall–Kier alpha value is -2.98. The molecular formula is C17H16F10N2O8S2. The van der Waals surface area contributed by atoms with Crippen molar-refractivity contribution in [3.05, 3.63) is 48.1 Å². The number of hydrogen-bond acceptors (Lipinski definition) is 8. The van der Waals surface area contributed by atoms with E-state index in [4.69, 9.17) is 25.9 Å². The van der Waals surface area contributed by atoms with Crippen LogP contribution in [0, 0.1) is 23.3 Å². The van der Waals surface area contributed by atoms with Crippen LogP contribution >= 0.6 is 0 Å². The van der Waals surface area contributed by atoms with Crippen LogP contribution in [0.25, 0.3) is 0 Å². The average molecular weight is 630 g/mol. The second-order valence-corrected chi connectivity index (χ2v) is 9.35. The molecule has 0 spiro atoms. The van der Waals surface area contributed by atoms with Gasteiger partial charge in [0.2, 0.25) is 59.6 Å². The van der Waals surface area contributed by atoms with E-state index in [-0.39, 0.29) is 13.1 Å². The fraction of sp³-hybridized carbons (Fsp3) is 0.412. The smallest absolute Gasteiger partial charge is 0.485 e. The number of alkyl halides is 6. The number of rotatable bonds is 6. The van der Waals surface area contributed by atoms with E-state index in [2.05, 4.69) is 9.47 Å². The highest BCUT2D eigenvalue weighted by atomic mass is 32.2. The lowest BCUT2D eigenvalue weighted by Crippen LogP contribution is -2.40. The first-order chi connectivity index (χ1) is 17.5. The zero-order valence-corrected chi connectivity index (χ0v) is 20.8. The predicted molar refractivity (Wildman–Crippen MR) is 102 cm³/mol. The molecule has 39 heavy (non-hydrogen) atoms. The van der Waals surface area contributed by atoms with E-state index in [1.165, 1.54) is 23.4 Å². The van der Waals surface area contributed by atoms with Gasteiger partial charge in [0, 0.05) is 0 Å². The Morgan fingerprint density at radius 3 is 1.00 bits per heavy atom. The van der Waals surface area contributed by atoms with Crippen molar-refractivity contribution in [2.75, 3.05) is 14.2 Å². The summed E-state index contributed by atoms with van der Waals surface area (Å²) >= 11 is 0. The van der Waals surface area contributed by atoms with Gasteiger partial charge in [-0.25, -0.2) is 16.8 Å². The van der Waals surface area contributed by atoms with Crippen molar-refractivity contribution in [1.29, 1.82) is 0 Å². The second kappa shape index (κ2) is 13.9. The standard InChI is InChI=1S/C15H16F4N2O2.2CHF3O3S/c1-22-14-10(16)6-20(7-11(14)17)4-3-5-21-8-12(18)15(23-2)13(19)9-21;2*2-1(3,4)8(5,6)7/h6-9H,3-5H2,1-2H3;2*(H,5,6,7)/q+2;;/p-2. The Morgan fingerprint density at radius 2 is 0.846 bits per heavy atom. The number of halogens is 10. The summed E-state index contributed by atoms with van der Waals surface area (Å²) in [6, 6.07) is 0. The molecule has 0 saturated carbocycles. The minimum Gasteiger partial charge on any atom is -0.741 e. The molecule has 224 valence electrons. The number of aryl methyl sites for hydroxylation is 2. The summed E-state index contributed by atoms with van der Waals surface area (Å²) < 4.78 is 184. The Labute approximate surface area is 213 Å². The van der Waals surface area contributed by atoms with E-state index in [1.807, 2.05) is 0 Å². The van der Waals surface area contributed by atoms with Gasteiger partial charge in [-0.05, 0) is 0 Å². The molecule has 0 aromatic carbocycles. The number of nitrogens with zero attached hydrogens (tertiary/aromatic N) is 2. The maximum atomic E-state index is 13.5. The van der Waals surface area contributed by atoms with Crippen LogP contribution in [-0.4, -0.2) is 51.2 Å². The fourth-order valence-corrected chi connectivity index (χ4v) is 2.20. The lowest BCUT2D eigenvalue weighted by atomic mass is 10.3. The van der Waals surface area contributed by atoms with Gasteiger partial charge in [-0.1, -0.05) is 0 Å². The first-order valence-electron chi connectivity index (χ1n) is 9.34. The van der Waals surface area contributed by atoms with Crippen LogP contribution in [0.4, 0.5) is 43.9 Å². The first kappa shape index (κ1) is 36.0. The molecule has 0 bridgehead atoms. The normalized spacial score (nSPS) is 12.1. The van der Waals surface area contributed by atoms with Gasteiger partial charge in [0.05, 0.1) is 20.6 Å². The minimum atomic E-state index is -6.09. The molecule has 0 unspecified atom stereocenters. The van der Waals surface area contributed by atoms with E-state index in [1.54, 1.807) is 0 Å². The van der Waals surface area contributed by atoms with Crippen LogP contribution in [0.5, 0.6) is 11.5 Å². The molecule has 0 aliphatic carbocycles. The second-order valence-electron chi connectivity index (χ2n) is 6.60. The molecule has 0 fully saturated rings. The number of aromatic nitrogens is 2.